The highest BCUT2D eigenvalue weighted by Gasteiger charge is 2.11. The third kappa shape index (κ3) is 4.24. The highest BCUT2D eigenvalue weighted by atomic mass is 16.5. The first-order valence-electron chi connectivity index (χ1n) is 6.71. The van der Waals surface area contributed by atoms with Crippen molar-refractivity contribution in [3.05, 3.63) is 23.8 Å². The van der Waals surface area contributed by atoms with Crippen molar-refractivity contribution in [2.24, 2.45) is 0 Å². The van der Waals surface area contributed by atoms with Crippen molar-refractivity contribution >= 4 is 5.78 Å². The van der Waals surface area contributed by atoms with Crippen LogP contribution in [0.5, 0.6) is 11.5 Å². The lowest BCUT2D eigenvalue weighted by atomic mass is 10.1. The highest BCUT2D eigenvalue weighted by molar-refractivity contribution is 5.77. The van der Waals surface area contributed by atoms with Gasteiger partial charge in [0.05, 0.1) is 19.8 Å². The van der Waals surface area contributed by atoms with Crippen LogP contribution >= 0.6 is 0 Å². The molecule has 0 spiro atoms. The van der Waals surface area contributed by atoms with Gasteiger partial charge in [-0.2, -0.15) is 0 Å². The van der Waals surface area contributed by atoms with Gasteiger partial charge >= 0.3 is 0 Å². The molecule has 0 saturated carbocycles. The molecule has 0 bridgehead atoms. The van der Waals surface area contributed by atoms with Crippen LogP contribution in [-0.4, -0.2) is 44.0 Å². The highest BCUT2D eigenvalue weighted by Crippen LogP contribution is 2.30. The predicted molar refractivity (Wildman–Crippen MR) is 73.9 cm³/mol. The largest absolute Gasteiger partial charge is 0.490 e. The molecule has 104 valence electrons. The average Bonchev–Trinajstić information content (AvgIpc) is 2.60. The number of benzene rings is 1. The van der Waals surface area contributed by atoms with Gasteiger partial charge in [-0.05, 0) is 38.1 Å². The van der Waals surface area contributed by atoms with E-state index in [9.17, 15) is 4.79 Å². The molecule has 1 aromatic carbocycles. The molecule has 0 aliphatic carbocycles. The molecule has 0 aromatic heterocycles. The lowest BCUT2D eigenvalue weighted by Crippen LogP contribution is -2.26. The number of ether oxygens (including phenoxy) is 2. The first-order chi connectivity index (χ1) is 9.15. The molecule has 0 unspecified atom stereocenters. The molecule has 4 nitrogen and oxygen atoms in total. The Hall–Kier alpha value is -1.55. The maximum absolute atomic E-state index is 11.0. The molecule has 1 aliphatic heterocycles. The zero-order chi connectivity index (χ0) is 13.7. The molecule has 4 heteroatoms. The van der Waals surface area contributed by atoms with Crippen molar-refractivity contribution < 1.29 is 14.3 Å². The number of rotatable bonds is 5. The summed E-state index contributed by atoms with van der Waals surface area (Å²) in [6, 6.07) is 6.08. The van der Waals surface area contributed by atoms with Crippen molar-refractivity contribution in [1.82, 2.24) is 4.90 Å². The third-order valence-electron chi connectivity index (χ3n) is 3.09. The van der Waals surface area contributed by atoms with Gasteiger partial charge in [0.15, 0.2) is 11.5 Å². The molecular weight excluding hydrogens is 242 g/mol. The van der Waals surface area contributed by atoms with E-state index in [0.29, 0.717) is 19.8 Å². The van der Waals surface area contributed by atoms with Gasteiger partial charge in [0.1, 0.15) is 5.78 Å². The molecule has 0 atom stereocenters. The van der Waals surface area contributed by atoms with Crippen LogP contribution in [0.4, 0.5) is 0 Å². The van der Waals surface area contributed by atoms with Crippen LogP contribution in [0.2, 0.25) is 0 Å². The second-order valence-electron chi connectivity index (χ2n) is 5.02. The van der Waals surface area contributed by atoms with Gasteiger partial charge in [-0.15, -0.1) is 0 Å². The number of carbonyl (C=O) groups is 1. The van der Waals surface area contributed by atoms with E-state index in [0.717, 1.165) is 30.9 Å². The quantitative estimate of drug-likeness (QED) is 0.813. The zero-order valence-electron chi connectivity index (χ0n) is 11.6. The van der Waals surface area contributed by atoms with Gasteiger partial charge in [-0.3, -0.25) is 9.69 Å². The lowest BCUT2D eigenvalue weighted by Gasteiger charge is -2.15. The van der Waals surface area contributed by atoms with Crippen molar-refractivity contribution in [1.29, 1.82) is 0 Å². The third-order valence-corrected chi connectivity index (χ3v) is 3.09. The Bertz CT molecular complexity index is 445. The van der Waals surface area contributed by atoms with E-state index in [1.165, 1.54) is 5.56 Å². The fourth-order valence-corrected chi connectivity index (χ4v) is 2.14. The second-order valence-corrected chi connectivity index (χ2v) is 5.02. The van der Waals surface area contributed by atoms with Crippen molar-refractivity contribution in [3.63, 3.8) is 0 Å². The van der Waals surface area contributed by atoms with Gasteiger partial charge in [-0.1, -0.05) is 6.07 Å². The van der Waals surface area contributed by atoms with Crippen LogP contribution in [-0.2, 0) is 11.2 Å². The number of nitrogens with zero attached hydrogens (tertiary/aromatic N) is 1. The fraction of sp³-hybridized carbons (Fsp3) is 0.533. The average molecular weight is 263 g/mol. The molecule has 1 heterocycles. The smallest absolute Gasteiger partial charge is 0.161 e. The second kappa shape index (κ2) is 6.57. The predicted octanol–water partition coefficient (Wildman–Crippen LogP) is 1.91. The first kappa shape index (κ1) is 13.9. The van der Waals surface area contributed by atoms with E-state index in [1.54, 1.807) is 6.92 Å². The molecule has 0 fully saturated rings. The molecule has 0 amide bonds. The van der Waals surface area contributed by atoms with Crippen LogP contribution in [0.3, 0.4) is 0 Å². The van der Waals surface area contributed by atoms with Crippen molar-refractivity contribution in [2.75, 3.05) is 33.4 Å². The molecule has 1 aromatic rings. The Kier molecular flexibility index (Phi) is 4.80. The Morgan fingerprint density at radius 1 is 1.26 bits per heavy atom. The fourth-order valence-electron chi connectivity index (χ4n) is 2.14. The van der Waals surface area contributed by atoms with Gasteiger partial charge in [0, 0.05) is 13.0 Å². The summed E-state index contributed by atoms with van der Waals surface area (Å²) in [5, 5.41) is 0. The summed E-state index contributed by atoms with van der Waals surface area (Å²) >= 11 is 0. The van der Waals surface area contributed by atoms with Gasteiger partial charge in [0.25, 0.3) is 0 Å². The number of fused-ring (bicyclic) bond motifs is 1. The standard InChI is InChI=1S/C15H21NO3/c1-12(17)11-16(2)7-6-13-4-5-14-15(10-13)19-9-3-8-18-14/h4-5,10H,3,6-9,11H2,1-2H3. The van der Waals surface area contributed by atoms with E-state index >= 15 is 0 Å². The Labute approximate surface area is 114 Å². The van der Waals surface area contributed by atoms with Crippen LogP contribution in [0.15, 0.2) is 18.2 Å². The van der Waals surface area contributed by atoms with E-state index < -0.39 is 0 Å². The summed E-state index contributed by atoms with van der Waals surface area (Å²) < 4.78 is 11.3. The number of ketones is 1. The van der Waals surface area contributed by atoms with Crippen molar-refractivity contribution in [2.45, 2.75) is 19.8 Å². The molecule has 1 aliphatic rings. The maximum Gasteiger partial charge on any atom is 0.161 e. The van der Waals surface area contributed by atoms with E-state index in [4.69, 9.17) is 9.47 Å². The van der Waals surface area contributed by atoms with Gasteiger partial charge in [0.2, 0.25) is 0 Å². The Morgan fingerprint density at radius 2 is 2.00 bits per heavy atom. The number of hydrogen-bond acceptors (Lipinski definition) is 4. The maximum atomic E-state index is 11.0. The van der Waals surface area contributed by atoms with E-state index in [1.807, 2.05) is 24.1 Å². The number of hydrogen-bond donors (Lipinski definition) is 0. The summed E-state index contributed by atoms with van der Waals surface area (Å²) in [7, 11) is 1.96. The minimum Gasteiger partial charge on any atom is -0.490 e. The molecule has 2 rings (SSSR count). The molecule has 0 radical (unpaired) electrons. The minimum absolute atomic E-state index is 0.196. The van der Waals surface area contributed by atoms with Crippen LogP contribution in [0, 0.1) is 0 Å². The summed E-state index contributed by atoms with van der Waals surface area (Å²) in [5.41, 5.74) is 1.21. The lowest BCUT2D eigenvalue weighted by molar-refractivity contribution is -0.117. The molecule has 19 heavy (non-hydrogen) atoms. The molecule has 0 saturated heterocycles. The topological polar surface area (TPSA) is 38.8 Å². The summed E-state index contributed by atoms with van der Waals surface area (Å²) in [6.07, 6.45) is 1.83. The Morgan fingerprint density at radius 3 is 2.74 bits per heavy atom. The van der Waals surface area contributed by atoms with Crippen molar-refractivity contribution in [3.8, 4) is 11.5 Å². The number of Topliss-reactive ketones (excluding diaryl/α,β-unsaturated/α-hetero) is 1. The monoisotopic (exact) mass is 263 g/mol. The van der Waals surface area contributed by atoms with E-state index in [2.05, 4.69) is 6.07 Å². The van der Waals surface area contributed by atoms with Crippen LogP contribution < -0.4 is 9.47 Å². The van der Waals surface area contributed by atoms with Gasteiger partial charge < -0.3 is 9.47 Å². The van der Waals surface area contributed by atoms with Gasteiger partial charge in [-0.25, -0.2) is 0 Å². The summed E-state index contributed by atoms with van der Waals surface area (Å²) in [5.74, 6) is 1.86. The summed E-state index contributed by atoms with van der Waals surface area (Å²) in [6.45, 7) is 4.40. The normalized spacial score (nSPS) is 14.3. The summed E-state index contributed by atoms with van der Waals surface area (Å²) in [4.78, 5) is 13.1. The van der Waals surface area contributed by atoms with Crippen LogP contribution in [0.25, 0.3) is 0 Å². The number of carbonyl (C=O) groups excluding carboxylic acids is 1. The first-order valence-corrected chi connectivity index (χ1v) is 6.71. The Balaban J connectivity index is 1.94. The molecule has 0 N–H and O–H groups in total. The SMILES string of the molecule is CC(=O)CN(C)CCc1ccc2c(c1)OCCCO2. The minimum atomic E-state index is 0.196. The van der Waals surface area contributed by atoms with E-state index in [-0.39, 0.29) is 5.78 Å². The van der Waals surface area contributed by atoms with Crippen LogP contribution in [0.1, 0.15) is 18.9 Å². The molecular formula is C15H21NO3. The number of likely N-dealkylation sites (N-methyl/N-ethyl adjacent to an activating group) is 1. The zero-order valence-corrected chi connectivity index (χ0v) is 11.6.